The summed E-state index contributed by atoms with van der Waals surface area (Å²) in [5.74, 6) is -0.619. The Labute approximate surface area is 230 Å². The highest BCUT2D eigenvalue weighted by Crippen LogP contribution is 2.33. The minimum absolute atomic E-state index is 0.0408. The normalized spacial score (nSPS) is 12.8. The number of fused-ring (bicyclic) bond motifs is 2. The Kier molecular flexibility index (Phi) is 6.82. The predicted molar refractivity (Wildman–Crippen MR) is 147 cm³/mol. The molecule has 0 atom stereocenters. The third-order valence-corrected chi connectivity index (χ3v) is 9.01. The molecule has 2 N–H and O–H groups in total. The van der Waals surface area contributed by atoms with Gasteiger partial charge in [-0.15, -0.1) is 0 Å². The van der Waals surface area contributed by atoms with Gasteiger partial charge in [-0.05, 0) is 60.7 Å². The summed E-state index contributed by atoms with van der Waals surface area (Å²) < 4.78 is 67.6. The minimum Gasteiger partial charge on any atom is -0.495 e. The number of carbonyl (C=O) groups is 2. The quantitative estimate of drug-likeness (QED) is 0.280. The molecule has 0 bridgehead atoms. The number of hydrogen-bond donors (Lipinski definition) is 2. The Balaban J connectivity index is 1.48. The SMILES string of the molecule is COc1ccccc1NS(=O)(=O)c1ccc2c(c1)C(=O)c1ccc(S(=O)(=O)Nc3ccccc3OC)cc1C2=O. The van der Waals surface area contributed by atoms with Crippen molar-refractivity contribution >= 4 is 43.0 Å². The Morgan fingerprint density at radius 1 is 0.525 bits per heavy atom. The molecule has 0 saturated heterocycles. The van der Waals surface area contributed by atoms with Gasteiger partial charge in [-0.1, -0.05) is 24.3 Å². The second kappa shape index (κ2) is 10.1. The first kappa shape index (κ1) is 26.9. The summed E-state index contributed by atoms with van der Waals surface area (Å²) in [6, 6.07) is 20.0. The van der Waals surface area contributed by atoms with Crippen LogP contribution in [0.1, 0.15) is 31.8 Å². The molecule has 40 heavy (non-hydrogen) atoms. The summed E-state index contributed by atoms with van der Waals surface area (Å²) in [5.41, 5.74) is 0.102. The number of benzene rings is 4. The van der Waals surface area contributed by atoms with Crippen molar-refractivity contribution < 1.29 is 35.9 Å². The number of ketones is 2. The van der Waals surface area contributed by atoms with Crippen LogP contribution >= 0.6 is 0 Å². The van der Waals surface area contributed by atoms with Crippen LogP contribution in [0.15, 0.2) is 94.7 Å². The van der Waals surface area contributed by atoms with Crippen molar-refractivity contribution in [2.24, 2.45) is 0 Å². The third-order valence-electron chi connectivity index (χ3n) is 6.28. The van der Waals surface area contributed by atoms with E-state index < -0.39 is 31.6 Å². The smallest absolute Gasteiger partial charge is 0.262 e. The number of nitrogens with one attached hydrogen (secondary N) is 2. The van der Waals surface area contributed by atoms with Gasteiger partial charge in [0.15, 0.2) is 11.6 Å². The molecule has 4 aromatic rings. The molecule has 0 heterocycles. The molecular weight excluding hydrogens is 556 g/mol. The van der Waals surface area contributed by atoms with E-state index in [1.165, 1.54) is 50.6 Å². The van der Waals surface area contributed by atoms with Crippen molar-refractivity contribution in [1.82, 2.24) is 0 Å². The maximum absolute atomic E-state index is 13.4. The lowest BCUT2D eigenvalue weighted by Gasteiger charge is -2.20. The van der Waals surface area contributed by atoms with E-state index in [9.17, 15) is 26.4 Å². The first-order valence-electron chi connectivity index (χ1n) is 11.7. The van der Waals surface area contributed by atoms with Crippen LogP contribution in [0.3, 0.4) is 0 Å². The van der Waals surface area contributed by atoms with E-state index in [1.54, 1.807) is 36.4 Å². The molecule has 0 amide bonds. The van der Waals surface area contributed by atoms with Crippen molar-refractivity contribution in [3.05, 3.63) is 107 Å². The highest BCUT2D eigenvalue weighted by atomic mass is 32.2. The lowest BCUT2D eigenvalue weighted by atomic mass is 9.84. The van der Waals surface area contributed by atoms with Gasteiger partial charge in [0, 0.05) is 22.3 Å². The van der Waals surface area contributed by atoms with Crippen LogP contribution in [0.5, 0.6) is 11.5 Å². The summed E-state index contributed by atoms with van der Waals surface area (Å²) in [7, 11) is -5.50. The molecule has 0 spiro atoms. The number of sulfonamides is 2. The highest BCUT2D eigenvalue weighted by Gasteiger charge is 2.33. The zero-order valence-electron chi connectivity index (χ0n) is 21.2. The van der Waals surface area contributed by atoms with E-state index in [0.29, 0.717) is 11.5 Å². The number of hydrogen-bond acceptors (Lipinski definition) is 8. The van der Waals surface area contributed by atoms with E-state index in [-0.39, 0.29) is 43.4 Å². The molecule has 1 aliphatic carbocycles. The third kappa shape index (κ3) is 4.78. The van der Waals surface area contributed by atoms with Crippen LogP contribution in [0.25, 0.3) is 0 Å². The maximum Gasteiger partial charge on any atom is 0.262 e. The van der Waals surface area contributed by atoms with Gasteiger partial charge < -0.3 is 9.47 Å². The van der Waals surface area contributed by atoms with Gasteiger partial charge in [-0.3, -0.25) is 19.0 Å². The standard InChI is InChI=1S/C28H22N2O8S2/c1-37-25-9-5-3-7-23(25)29-39(33,34)17-11-13-19-21(15-17)27(31)20-14-12-18(16-22(20)28(19)32)40(35,36)30-24-8-4-6-10-26(24)38-2/h3-16,29-30H,1-2H3. The Bertz CT molecular complexity index is 1760. The van der Waals surface area contributed by atoms with Gasteiger partial charge in [0.2, 0.25) is 0 Å². The molecule has 12 heteroatoms. The van der Waals surface area contributed by atoms with Crippen LogP contribution in [0, 0.1) is 0 Å². The molecule has 5 rings (SSSR count). The number of para-hydroxylation sites is 4. The first-order chi connectivity index (χ1) is 19.1. The molecule has 1 aliphatic rings. The fourth-order valence-corrected chi connectivity index (χ4v) is 6.50. The van der Waals surface area contributed by atoms with Crippen molar-refractivity contribution in [2.75, 3.05) is 23.7 Å². The van der Waals surface area contributed by atoms with Crippen LogP contribution < -0.4 is 18.9 Å². The van der Waals surface area contributed by atoms with Crippen molar-refractivity contribution in [2.45, 2.75) is 9.79 Å². The number of rotatable bonds is 8. The van der Waals surface area contributed by atoms with Gasteiger partial charge in [0.25, 0.3) is 20.0 Å². The fourth-order valence-electron chi connectivity index (χ4n) is 4.31. The molecule has 0 unspecified atom stereocenters. The Morgan fingerprint density at radius 3 is 1.27 bits per heavy atom. The lowest BCUT2D eigenvalue weighted by Crippen LogP contribution is -2.23. The monoisotopic (exact) mass is 578 g/mol. The summed E-state index contributed by atoms with van der Waals surface area (Å²) in [6.07, 6.45) is 0. The molecular formula is C28H22N2O8S2. The second-order valence-electron chi connectivity index (χ2n) is 8.68. The largest absolute Gasteiger partial charge is 0.495 e. The van der Waals surface area contributed by atoms with E-state index in [4.69, 9.17) is 9.47 Å². The van der Waals surface area contributed by atoms with Crippen molar-refractivity contribution in [3.8, 4) is 11.5 Å². The molecule has 0 fully saturated rings. The Morgan fingerprint density at radius 2 is 0.900 bits per heavy atom. The number of carbonyl (C=O) groups excluding carboxylic acids is 2. The zero-order valence-corrected chi connectivity index (χ0v) is 22.8. The van der Waals surface area contributed by atoms with Gasteiger partial charge in [0.05, 0.1) is 35.4 Å². The molecule has 204 valence electrons. The van der Waals surface area contributed by atoms with E-state index >= 15 is 0 Å². The predicted octanol–water partition coefficient (Wildman–Crippen LogP) is 4.08. The van der Waals surface area contributed by atoms with E-state index in [2.05, 4.69) is 9.44 Å². The van der Waals surface area contributed by atoms with E-state index in [1.807, 2.05) is 0 Å². The van der Waals surface area contributed by atoms with Gasteiger partial charge in [0.1, 0.15) is 11.5 Å². The van der Waals surface area contributed by atoms with Crippen LogP contribution in [0.2, 0.25) is 0 Å². The average Bonchev–Trinajstić information content (AvgIpc) is 2.95. The van der Waals surface area contributed by atoms with Crippen LogP contribution in [-0.4, -0.2) is 42.6 Å². The topological polar surface area (TPSA) is 145 Å². The molecule has 0 saturated carbocycles. The number of anilines is 2. The Hall–Kier alpha value is -4.68. The van der Waals surface area contributed by atoms with Gasteiger partial charge in [-0.25, -0.2) is 16.8 Å². The lowest BCUT2D eigenvalue weighted by molar-refractivity contribution is 0.0978. The zero-order chi connectivity index (χ0) is 28.7. The molecule has 4 aromatic carbocycles. The van der Waals surface area contributed by atoms with Gasteiger partial charge in [-0.2, -0.15) is 0 Å². The maximum atomic E-state index is 13.4. The molecule has 10 nitrogen and oxygen atoms in total. The summed E-state index contributed by atoms with van der Waals surface area (Å²) in [6.45, 7) is 0. The molecule has 0 aliphatic heterocycles. The minimum atomic E-state index is -4.15. The summed E-state index contributed by atoms with van der Waals surface area (Å²) >= 11 is 0. The van der Waals surface area contributed by atoms with E-state index in [0.717, 1.165) is 12.1 Å². The van der Waals surface area contributed by atoms with Crippen molar-refractivity contribution in [1.29, 1.82) is 0 Å². The summed E-state index contributed by atoms with van der Waals surface area (Å²) in [5, 5.41) is 0. The first-order valence-corrected chi connectivity index (χ1v) is 14.7. The average molecular weight is 579 g/mol. The number of ether oxygens (including phenoxy) is 2. The van der Waals surface area contributed by atoms with Gasteiger partial charge >= 0.3 is 0 Å². The number of methoxy groups -OCH3 is 2. The second-order valence-corrected chi connectivity index (χ2v) is 12.0. The molecule has 0 radical (unpaired) electrons. The van der Waals surface area contributed by atoms with Crippen LogP contribution in [0.4, 0.5) is 11.4 Å². The summed E-state index contributed by atoms with van der Waals surface area (Å²) in [4.78, 5) is 26.2. The highest BCUT2D eigenvalue weighted by molar-refractivity contribution is 7.93. The molecule has 0 aromatic heterocycles. The van der Waals surface area contributed by atoms with Crippen molar-refractivity contribution in [3.63, 3.8) is 0 Å². The van der Waals surface area contributed by atoms with Crippen LogP contribution in [-0.2, 0) is 20.0 Å². The fraction of sp³-hybridized carbons (Fsp3) is 0.0714.